The van der Waals surface area contributed by atoms with Crippen molar-refractivity contribution in [3.05, 3.63) is 146 Å². The molecule has 0 atom stereocenters. The molecule has 1 radical (unpaired) electrons. The average Bonchev–Trinajstić information content (AvgIpc) is 2.85. The summed E-state index contributed by atoms with van der Waals surface area (Å²) in [5, 5.41) is 7.60. The molecule has 0 fully saturated rings. The Labute approximate surface area is 194 Å². The first-order valence-corrected chi connectivity index (χ1v) is 9.95. The van der Waals surface area contributed by atoms with Crippen LogP contribution in [0.25, 0.3) is 32.3 Å². The molecule has 0 unspecified atom stereocenters. The second kappa shape index (κ2) is 11.7. The van der Waals surface area contributed by atoms with Crippen molar-refractivity contribution in [2.75, 3.05) is 0 Å². The molecule has 0 heterocycles. The molecule has 31 heavy (non-hydrogen) atoms. The zero-order chi connectivity index (χ0) is 20.4. The van der Waals surface area contributed by atoms with E-state index in [0.29, 0.717) is 0 Å². The number of hydrogen-bond donors (Lipinski definition) is 0. The Kier molecular flexibility index (Phi) is 8.44. The van der Waals surface area contributed by atoms with E-state index < -0.39 is 0 Å². The molecular weight excluding hydrogens is 412 g/mol. The topological polar surface area (TPSA) is 0 Å². The van der Waals surface area contributed by atoms with Crippen LogP contribution in [0.15, 0.2) is 127 Å². The first kappa shape index (κ1) is 22.3. The largest absolute Gasteiger partial charge is 3.00 e. The molecule has 0 saturated carbocycles. The van der Waals surface area contributed by atoms with Crippen LogP contribution in [-0.2, 0) is 17.4 Å². The summed E-state index contributed by atoms with van der Waals surface area (Å²) in [6, 6.07) is 51.9. The maximum atomic E-state index is 3.04. The molecule has 0 amide bonds. The molecule has 0 N–H and O–H groups in total. The summed E-state index contributed by atoms with van der Waals surface area (Å²) in [6.45, 7) is 0. The minimum absolute atomic E-state index is 0. The van der Waals surface area contributed by atoms with Crippen LogP contribution in [0, 0.1) is 18.2 Å². The molecule has 6 rings (SSSR count). The zero-order valence-electron chi connectivity index (χ0n) is 17.0. The Hall–Kier alpha value is -3.37. The molecule has 0 aliphatic rings. The van der Waals surface area contributed by atoms with Gasteiger partial charge < -0.3 is 0 Å². The fourth-order valence-corrected chi connectivity index (χ4v) is 3.21. The van der Waals surface area contributed by atoms with E-state index in [1.807, 2.05) is 72.8 Å². The Balaban J connectivity index is 0.000000130. The molecule has 0 bridgehead atoms. The quantitative estimate of drug-likeness (QED) is 0.213. The predicted octanol–water partition coefficient (Wildman–Crippen LogP) is 7.92. The molecule has 0 aliphatic heterocycles. The van der Waals surface area contributed by atoms with E-state index in [1.165, 1.54) is 32.3 Å². The summed E-state index contributed by atoms with van der Waals surface area (Å²) in [5.74, 6) is 0. The van der Waals surface area contributed by atoms with E-state index in [-0.39, 0.29) is 17.4 Å². The average molecular weight is 433 g/mol. The van der Waals surface area contributed by atoms with Crippen molar-refractivity contribution in [1.82, 2.24) is 0 Å². The van der Waals surface area contributed by atoms with Gasteiger partial charge in [0, 0.05) is 0 Å². The van der Waals surface area contributed by atoms with Crippen LogP contribution in [0.4, 0.5) is 0 Å². The van der Waals surface area contributed by atoms with Crippen molar-refractivity contribution in [3.63, 3.8) is 0 Å². The molecule has 147 valence electrons. The predicted molar refractivity (Wildman–Crippen MR) is 128 cm³/mol. The maximum Gasteiger partial charge on any atom is 3.00 e. The van der Waals surface area contributed by atoms with Crippen LogP contribution in [-0.4, -0.2) is 0 Å². The van der Waals surface area contributed by atoms with Crippen molar-refractivity contribution in [1.29, 1.82) is 0 Å². The van der Waals surface area contributed by atoms with Gasteiger partial charge in [-0.25, -0.2) is 0 Å². The molecule has 0 aromatic heterocycles. The molecule has 6 aromatic carbocycles. The number of benzene rings is 6. The van der Waals surface area contributed by atoms with Gasteiger partial charge in [0.2, 0.25) is 0 Å². The fraction of sp³-hybridized carbons (Fsp3) is 0. The van der Waals surface area contributed by atoms with Crippen LogP contribution in [0.5, 0.6) is 0 Å². The van der Waals surface area contributed by atoms with Gasteiger partial charge in [-0.15, -0.1) is 50.5 Å². The van der Waals surface area contributed by atoms with E-state index in [4.69, 9.17) is 0 Å². The first-order chi connectivity index (χ1) is 14.9. The fourth-order valence-electron chi connectivity index (χ4n) is 3.21. The summed E-state index contributed by atoms with van der Waals surface area (Å²) in [4.78, 5) is 0. The third-order valence-corrected chi connectivity index (χ3v) is 4.78. The van der Waals surface area contributed by atoms with Gasteiger partial charge in [0.25, 0.3) is 0 Å². The summed E-state index contributed by atoms with van der Waals surface area (Å²) < 4.78 is 0. The number of hydrogen-bond acceptors (Lipinski definition) is 0. The minimum Gasteiger partial charge on any atom is -0.183 e. The molecule has 6 aromatic rings. The van der Waals surface area contributed by atoms with Gasteiger partial charge in [-0.2, -0.15) is 72.8 Å². The minimum atomic E-state index is 0. The standard InChI is InChI=1S/3C10H7.Cr/c3*1-2-6-10-8-4-3-7-9(10)5-1;/h3*1-3,5-8H;/q3*-1;+3. The van der Waals surface area contributed by atoms with E-state index in [1.54, 1.807) is 0 Å². The Morgan fingerprint density at radius 2 is 0.581 bits per heavy atom. The van der Waals surface area contributed by atoms with Crippen LogP contribution in [0.2, 0.25) is 0 Å². The molecule has 0 nitrogen and oxygen atoms in total. The number of fused-ring (bicyclic) bond motifs is 3. The third-order valence-electron chi connectivity index (χ3n) is 4.78. The van der Waals surface area contributed by atoms with Crippen molar-refractivity contribution >= 4 is 32.3 Å². The molecule has 0 spiro atoms. The van der Waals surface area contributed by atoms with E-state index in [0.717, 1.165) is 0 Å². The Morgan fingerprint density at radius 1 is 0.323 bits per heavy atom. The summed E-state index contributed by atoms with van der Waals surface area (Å²) in [5.41, 5.74) is 0. The normalized spacial score (nSPS) is 9.68. The van der Waals surface area contributed by atoms with Gasteiger partial charge in [-0.3, -0.25) is 0 Å². The van der Waals surface area contributed by atoms with Crippen LogP contribution >= 0.6 is 0 Å². The van der Waals surface area contributed by atoms with Crippen molar-refractivity contribution in [2.24, 2.45) is 0 Å². The SMILES string of the molecule is [Cr+3].[c-]1ccc2ccccc2c1.[c-]1ccc2ccccc2c1.[c-]1ccc2ccccc2c1. The van der Waals surface area contributed by atoms with Gasteiger partial charge in [-0.05, 0) is 0 Å². The first-order valence-electron chi connectivity index (χ1n) is 9.95. The Morgan fingerprint density at radius 3 is 0.839 bits per heavy atom. The van der Waals surface area contributed by atoms with Crippen LogP contribution < -0.4 is 0 Å². The van der Waals surface area contributed by atoms with Gasteiger partial charge in [-0.1, -0.05) is 54.6 Å². The van der Waals surface area contributed by atoms with Crippen molar-refractivity contribution in [2.45, 2.75) is 0 Å². The molecule has 0 aliphatic carbocycles. The molecule has 1 heteroatoms. The number of rotatable bonds is 0. The van der Waals surface area contributed by atoms with Crippen LogP contribution in [0.3, 0.4) is 0 Å². The van der Waals surface area contributed by atoms with E-state index >= 15 is 0 Å². The van der Waals surface area contributed by atoms with Gasteiger partial charge in [0.15, 0.2) is 0 Å². The second-order valence-electron chi connectivity index (χ2n) is 6.82. The monoisotopic (exact) mass is 433 g/mol. The summed E-state index contributed by atoms with van der Waals surface area (Å²) in [7, 11) is 0. The molecule has 0 saturated heterocycles. The zero-order valence-corrected chi connectivity index (χ0v) is 18.3. The van der Waals surface area contributed by atoms with Gasteiger partial charge in [0.05, 0.1) is 0 Å². The second-order valence-corrected chi connectivity index (χ2v) is 6.82. The third kappa shape index (κ3) is 6.30. The summed E-state index contributed by atoms with van der Waals surface area (Å²) >= 11 is 0. The maximum absolute atomic E-state index is 3.04. The smallest absolute Gasteiger partial charge is 0.183 e. The van der Waals surface area contributed by atoms with E-state index in [2.05, 4.69) is 72.8 Å². The Bertz CT molecular complexity index is 989. The molecular formula is C30H21Cr. The summed E-state index contributed by atoms with van der Waals surface area (Å²) in [6.07, 6.45) is 0. The van der Waals surface area contributed by atoms with Crippen molar-refractivity contribution < 1.29 is 17.4 Å². The van der Waals surface area contributed by atoms with Gasteiger partial charge >= 0.3 is 17.4 Å². The van der Waals surface area contributed by atoms with Gasteiger partial charge in [0.1, 0.15) is 0 Å². The van der Waals surface area contributed by atoms with Crippen molar-refractivity contribution in [3.8, 4) is 0 Å². The van der Waals surface area contributed by atoms with Crippen LogP contribution in [0.1, 0.15) is 0 Å². The van der Waals surface area contributed by atoms with E-state index in [9.17, 15) is 0 Å².